The highest BCUT2D eigenvalue weighted by atomic mass is 79.9. The van der Waals surface area contributed by atoms with E-state index >= 15 is 0 Å². The Morgan fingerprint density at radius 3 is 2.47 bits per heavy atom. The maximum Gasteiger partial charge on any atom is 0.251 e. The summed E-state index contributed by atoms with van der Waals surface area (Å²) in [6.07, 6.45) is 2.10. The minimum absolute atomic E-state index is 0.157. The van der Waals surface area contributed by atoms with Crippen molar-refractivity contribution in [2.45, 2.75) is 24.6 Å². The quantitative estimate of drug-likeness (QED) is 0.797. The molecule has 0 radical (unpaired) electrons. The van der Waals surface area contributed by atoms with Crippen molar-refractivity contribution in [1.82, 2.24) is 5.32 Å². The van der Waals surface area contributed by atoms with E-state index in [0.29, 0.717) is 27.0 Å². The molecule has 17 heavy (non-hydrogen) atoms. The first-order valence-corrected chi connectivity index (χ1v) is 7.08. The van der Waals surface area contributed by atoms with Gasteiger partial charge in [-0.15, -0.1) is 0 Å². The summed E-state index contributed by atoms with van der Waals surface area (Å²) in [7, 11) is 0. The Kier molecular flexibility index (Phi) is 6.31. The van der Waals surface area contributed by atoms with Crippen LogP contribution in [0.15, 0.2) is 18.2 Å². The molecule has 0 saturated heterocycles. The van der Waals surface area contributed by atoms with E-state index in [1.165, 1.54) is 0 Å². The first-order valence-electron chi connectivity index (χ1n) is 5.41. The number of benzene rings is 1. The number of hydrogen-bond donors (Lipinski definition) is 1. The Morgan fingerprint density at radius 1 is 1.35 bits per heavy atom. The van der Waals surface area contributed by atoms with Crippen LogP contribution in [0.25, 0.3) is 0 Å². The zero-order valence-electron chi connectivity index (χ0n) is 9.47. The van der Waals surface area contributed by atoms with Crippen molar-refractivity contribution in [3.8, 4) is 0 Å². The lowest BCUT2D eigenvalue weighted by Crippen LogP contribution is -2.29. The first-order chi connectivity index (χ1) is 8.02. The fraction of sp³-hybridized carbons (Fsp3) is 0.417. The normalized spacial score (nSPS) is 12.2. The van der Waals surface area contributed by atoms with Crippen molar-refractivity contribution < 1.29 is 4.79 Å². The molecule has 1 rings (SSSR count). The highest BCUT2D eigenvalue weighted by Gasteiger charge is 2.09. The molecule has 0 spiro atoms. The molecule has 0 aliphatic heterocycles. The van der Waals surface area contributed by atoms with Gasteiger partial charge in [0.05, 0.1) is 0 Å². The Hall–Kier alpha value is -0.250. The predicted molar refractivity (Wildman–Crippen MR) is 76.4 cm³/mol. The number of alkyl halides is 1. The van der Waals surface area contributed by atoms with Crippen molar-refractivity contribution in [1.29, 1.82) is 0 Å². The van der Waals surface area contributed by atoms with Gasteiger partial charge in [0.2, 0.25) is 0 Å². The highest BCUT2D eigenvalue weighted by Crippen LogP contribution is 2.19. The van der Waals surface area contributed by atoms with Crippen molar-refractivity contribution in [2.75, 3.05) is 6.54 Å². The van der Waals surface area contributed by atoms with Gasteiger partial charge >= 0.3 is 0 Å². The largest absolute Gasteiger partial charge is 0.351 e. The summed E-state index contributed by atoms with van der Waals surface area (Å²) in [5, 5.41) is 3.76. The minimum Gasteiger partial charge on any atom is -0.351 e. The maximum atomic E-state index is 11.8. The third kappa shape index (κ3) is 5.28. The van der Waals surface area contributed by atoms with Gasteiger partial charge in [-0.05, 0) is 24.6 Å². The fourth-order valence-electron chi connectivity index (χ4n) is 1.41. The second kappa shape index (κ2) is 7.24. The second-order valence-electron chi connectivity index (χ2n) is 3.75. The summed E-state index contributed by atoms with van der Waals surface area (Å²) in [4.78, 5) is 12.1. The number of halogens is 3. The van der Waals surface area contributed by atoms with Crippen LogP contribution in [0, 0.1) is 0 Å². The molecule has 0 aromatic heterocycles. The molecule has 0 aliphatic rings. The van der Waals surface area contributed by atoms with Crippen LogP contribution in [-0.4, -0.2) is 17.3 Å². The van der Waals surface area contributed by atoms with Crippen LogP contribution >= 0.6 is 39.1 Å². The summed E-state index contributed by atoms with van der Waals surface area (Å²) >= 11 is 15.2. The topological polar surface area (TPSA) is 29.1 Å². The van der Waals surface area contributed by atoms with Gasteiger partial charge in [0.1, 0.15) is 0 Å². The number of hydrogen-bond acceptors (Lipinski definition) is 1. The summed E-state index contributed by atoms with van der Waals surface area (Å²) in [5.41, 5.74) is 0.485. The summed E-state index contributed by atoms with van der Waals surface area (Å²) in [6, 6.07) is 4.81. The summed E-state index contributed by atoms with van der Waals surface area (Å²) in [6.45, 7) is 2.70. The average molecular weight is 339 g/mol. The van der Waals surface area contributed by atoms with E-state index in [2.05, 4.69) is 28.2 Å². The lowest BCUT2D eigenvalue weighted by atomic mass is 10.2. The monoisotopic (exact) mass is 337 g/mol. The third-order valence-corrected chi connectivity index (χ3v) is 3.43. The average Bonchev–Trinajstić information content (AvgIpc) is 2.25. The Bertz CT molecular complexity index is 378. The van der Waals surface area contributed by atoms with Crippen LogP contribution in [0.3, 0.4) is 0 Å². The number of amides is 1. The van der Waals surface area contributed by atoms with Gasteiger partial charge in [0.25, 0.3) is 5.91 Å². The number of carbonyl (C=O) groups excluding carboxylic acids is 1. The van der Waals surface area contributed by atoms with E-state index in [-0.39, 0.29) is 5.91 Å². The van der Waals surface area contributed by atoms with Crippen LogP contribution in [0.5, 0.6) is 0 Å². The van der Waals surface area contributed by atoms with Gasteiger partial charge in [0, 0.05) is 27.0 Å². The van der Waals surface area contributed by atoms with Crippen molar-refractivity contribution in [3.05, 3.63) is 33.8 Å². The summed E-state index contributed by atoms with van der Waals surface area (Å²) in [5.74, 6) is -0.157. The lowest BCUT2D eigenvalue weighted by Gasteiger charge is -2.10. The van der Waals surface area contributed by atoms with E-state index in [0.717, 1.165) is 12.8 Å². The van der Waals surface area contributed by atoms with Crippen LogP contribution < -0.4 is 5.32 Å². The molecule has 1 N–H and O–H groups in total. The number of rotatable bonds is 5. The molecule has 0 bridgehead atoms. The van der Waals surface area contributed by atoms with Gasteiger partial charge in [-0.3, -0.25) is 4.79 Å². The number of carbonyl (C=O) groups is 1. The van der Waals surface area contributed by atoms with Crippen LogP contribution in [-0.2, 0) is 0 Å². The predicted octanol–water partition coefficient (Wildman–Crippen LogP) is 4.29. The molecule has 1 aromatic rings. The fourth-order valence-corrected chi connectivity index (χ4v) is 2.55. The minimum atomic E-state index is -0.157. The third-order valence-electron chi connectivity index (χ3n) is 2.21. The molecule has 5 heteroatoms. The molecule has 94 valence electrons. The molecule has 0 aliphatic carbocycles. The van der Waals surface area contributed by atoms with Gasteiger partial charge in [0.15, 0.2) is 0 Å². The van der Waals surface area contributed by atoms with Crippen LogP contribution in [0.2, 0.25) is 10.0 Å². The van der Waals surface area contributed by atoms with E-state index in [4.69, 9.17) is 23.2 Å². The van der Waals surface area contributed by atoms with Crippen molar-refractivity contribution in [3.63, 3.8) is 0 Å². The smallest absolute Gasteiger partial charge is 0.251 e. The van der Waals surface area contributed by atoms with E-state index in [1.807, 2.05) is 0 Å². The second-order valence-corrected chi connectivity index (χ2v) is 5.92. The SMILES string of the molecule is CCCC(Br)CNC(=O)c1cc(Cl)cc(Cl)c1. The van der Waals surface area contributed by atoms with E-state index in [1.54, 1.807) is 18.2 Å². The molecule has 1 unspecified atom stereocenters. The molecule has 1 aromatic carbocycles. The van der Waals surface area contributed by atoms with Crippen LogP contribution in [0.4, 0.5) is 0 Å². The zero-order chi connectivity index (χ0) is 12.8. The Labute approximate surface area is 120 Å². The van der Waals surface area contributed by atoms with Crippen molar-refractivity contribution >= 4 is 45.0 Å². The molecule has 1 amide bonds. The van der Waals surface area contributed by atoms with E-state index in [9.17, 15) is 4.79 Å². The Balaban J connectivity index is 2.58. The van der Waals surface area contributed by atoms with Gasteiger partial charge in [-0.2, -0.15) is 0 Å². The molecule has 1 atom stereocenters. The van der Waals surface area contributed by atoms with Crippen LogP contribution in [0.1, 0.15) is 30.1 Å². The first kappa shape index (κ1) is 14.8. The van der Waals surface area contributed by atoms with Gasteiger partial charge in [-0.1, -0.05) is 52.5 Å². The maximum absolute atomic E-state index is 11.8. The standard InChI is InChI=1S/C12H14BrCl2NO/c1-2-3-9(13)7-16-12(17)8-4-10(14)6-11(15)5-8/h4-6,9H,2-3,7H2,1H3,(H,16,17). The zero-order valence-corrected chi connectivity index (χ0v) is 12.6. The Morgan fingerprint density at radius 2 is 1.94 bits per heavy atom. The van der Waals surface area contributed by atoms with Gasteiger partial charge < -0.3 is 5.32 Å². The van der Waals surface area contributed by atoms with Gasteiger partial charge in [-0.25, -0.2) is 0 Å². The lowest BCUT2D eigenvalue weighted by molar-refractivity contribution is 0.0953. The summed E-state index contributed by atoms with van der Waals surface area (Å²) < 4.78 is 0. The molecule has 2 nitrogen and oxygen atoms in total. The van der Waals surface area contributed by atoms with E-state index < -0.39 is 0 Å². The molecular formula is C12H14BrCl2NO. The van der Waals surface area contributed by atoms with Crippen molar-refractivity contribution in [2.24, 2.45) is 0 Å². The molecule has 0 heterocycles. The highest BCUT2D eigenvalue weighted by molar-refractivity contribution is 9.09. The molecular weight excluding hydrogens is 325 g/mol. The molecule has 0 saturated carbocycles. The number of nitrogens with one attached hydrogen (secondary N) is 1. The molecule has 0 fully saturated rings.